The Hall–Kier alpha value is -0.870. The van der Waals surface area contributed by atoms with Crippen LogP contribution in [0.3, 0.4) is 0 Å². The van der Waals surface area contributed by atoms with Gasteiger partial charge in [0.15, 0.2) is 0 Å². The number of rotatable bonds is 5. The SMILES string of the molecule is CC(C)CC(N)c1cncn1CC1CCOCC1. The van der Waals surface area contributed by atoms with Gasteiger partial charge in [0.05, 0.1) is 12.0 Å². The Morgan fingerprint density at radius 3 is 2.83 bits per heavy atom. The van der Waals surface area contributed by atoms with Gasteiger partial charge in [0.1, 0.15) is 0 Å². The van der Waals surface area contributed by atoms with E-state index in [1.165, 1.54) is 5.69 Å². The molecule has 1 fully saturated rings. The minimum atomic E-state index is 0.104. The first-order valence-corrected chi connectivity index (χ1v) is 7.00. The monoisotopic (exact) mass is 251 g/mol. The van der Waals surface area contributed by atoms with Crippen molar-refractivity contribution in [2.75, 3.05) is 13.2 Å². The van der Waals surface area contributed by atoms with Crippen molar-refractivity contribution in [2.24, 2.45) is 17.6 Å². The van der Waals surface area contributed by atoms with Crippen molar-refractivity contribution in [3.05, 3.63) is 18.2 Å². The third-order valence-corrected chi connectivity index (χ3v) is 3.65. The van der Waals surface area contributed by atoms with Crippen LogP contribution in [0.4, 0.5) is 0 Å². The van der Waals surface area contributed by atoms with Crippen molar-refractivity contribution in [1.82, 2.24) is 9.55 Å². The number of nitrogens with zero attached hydrogens (tertiary/aromatic N) is 2. The highest BCUT2D eigenvalue weighted by molar-refractivity contribution is 5.05. The van der Waals surface area contributed by atoms with Crippen LogP contribution in [0.25, 0.3) is 0 Å². The number of ether oxygens (including phenoxy) is 1. The van der Waals surface area contributed by atoms with Crippen LogP contribution in [-0.2, 0) is 11.3 Å². The third kappa shape index (κ3) is 3.56. The van der Waals surface area contributed by atoms with Gasteiger partial charge in [-0.25, -0.2) is 4.98 Å². The standard InChI is InChI=1S/C14H25N3O/c1-11(2)7-13(15)14-8-16-10-17(14)9-12-3-5-18-6-4-12/h8,10-13H,3-7,9,15H2,1-2H3. The van der Waals surface area contributed by atoms with Gasteiger partial charge in [-0.05, 0) is 31.1 Å². The van der Waals surface area contributed by atoms with Crippen molar-refractivity contribution in [3.8, 4) is 0 Å². The third-order valence-electron chi connectivity index (χ3n) is 3.65. The maximum Gasteiger partial charge on any atom is 0.0948 e. The molecule has 1 saturated heterocycles. The highest BCUT2D eigenvalue weighted by Crippen LogP contribution is 2.22. The smallest absolute Gasteiger partial charge is 0.0948 e. The molecule has 0 bridgehead atoms. The molecular weight excluding hydrogens is 226 g/mol. The number of hydrogen-bond donors (Lipinski definition) is 1. The minimum Gasteiger partial charge on any atom is -0.381 e. The molecule has 1 aliphatic heterocycles. The van der Waals surface area contributed by atoms with E-state index < -0.39 is 0 Å². The summed E-state index contributed by atoms with van der Waals surface area (Å²) in [5, 5.41) is 0. The second-order valence-corrected chi connectivity index (χ2v) is 5.76. The molecule has 18 heavy (non-hydrogen) atoms. The van der Waals surface area contributed by atoms with Gasteiger partial charge in [0.25, 0.3) is 0 Å². The summed E-state index contributed by atoms with van der Waals surface area (Å²) in [5.41, 5.74) is 7.44. The first-order valence-electron chi connectivity index (χ1n) is 7.00. The van der Waals surface area contributed by atoms with Gasteiger partial charge in [-0.3, -0.25) is 0 Å². The van der Waals surface area contributed by atoms with Crippen LogP contribution in [0.15, 0.2) is 12.5 Å². The quantitative estimate of drug-likeness (QED) is 0.874. The van der Waals surface area contributed by atoms with E-state index in [-0.39, 0.29) is 6.04 Å². The topological polar surface area (TPSA) is 53.1 Å². The molecule has 0 radical (unpaired) electrons. The van der Waals surface area contributed by atoms with Gasteiger partial charge in [-0.2, -0.15) is 0 Å². The molecule has 0 saturated carbocycles. The van der Waals surface area contributed by atoms with E-state index in [1.807, 2.05) is 12.5 Å². The zero-order valence-electron chi connectivity index (χ0n) is 11.5. The zero-order valence-corrected chi connectivity index (χ0v) is 11.5. The van der Waals surface area contributed by atoms with Crippen molar-refractivity contribution >= 4 is 0 Å². The maximum atomic E-state index is 6.26. The van der Waals surface area contributed by atoms with Gasteiger partial charge >= 0.3 is 0 Å². The van der Waals surface area contributed by atoms with E-state index in [4.69, 9.17) is 10.5 Å². The average molecular weight is 251 g/mol. The van der Waals surface area contributed by atoms with Crippen molar-refractivity contribution in [1.29, 1.82) is 0 Å². The Kier molecular flexibility index (Phi) is 4.78. The van der Waals surface area contributed by atoms with Crippen LogP contribution in [0.2, 0.25) is 0 Å². The molecule has 4 heteroatoms. The largest absolute Gasteiger partial charge is 0.381 e. The lowest BCUT2D eigenvalue weighted by Crippen LogP contribution is -2.23. The number of aromatic nitrogens is 2. The summed E-state index contributed by atoms with van der Waals surface area (Å²) in [6.45, 7) is 7.24. The fourth-order valence-electron chi connectivity index (χ4n) is 2.63. The first kappa shape index (κ1) is 13.6. The van der Waals surface area contributed by atoms with Gasteiger partial charge in [-0.1, -0.05) is 13.8 Å². The summed E-state index contributed by atoms with van der Waals surface area (Å²) < 4.78 is 7.64. The van der Waals surface area contributed by atoms with Gasteiger partial charge in [0.2, 0.25) is 0 Å². The molecular formula is C14H25N3O. The molecule has 4 nitrogen and oxygen atoms in total. The Bertz CT molecular complexity index is 356. The molecule has 0 aromatic carbocycles. The van der Waals surface area contributed by atoms with Crippen LogP contribution in [0.5, 0.6) is 0 Å². The van der Waals surface area contributed by atoms with Gasteiger partial charge in [0, 0.05) is 32.0 Å². The van der Waals surface area contributed by atoms with E-state index in [9.17, 15) is 0 Å². The molecule has 0 spiro atoms. The van der Waals surface area contributed by atoms with E-state index in [2.05, 4.69) is 23.4 Å². The molecule has 2 N–H and O–H groups in total. The fourth-order valence-corrected chi connectivity index (χ4v) is 2.63. The molecule has 1 aromatic heterocycles. The molecule has 1 unspecified atom stereocenters. The van der Waals surface area contributed by atoms with E-state index >= 15 is 0 Å². The van der Waals surface area contributed by atoms with E-state index in [0.717, 1.165) is 39.0 Å². The van der Waals surface area contributed by atoms with Gasteiger partial charge in [-0.15, -0.1) is 0 Å². The Balaban J connectivity index is 1.98. The van der Waals surface area contributed by atoms with Crippen molar-refractivity contribution in [2.45, 2.75) is 45.7 Å². The maximum absolute atomic E-state index is 6.26. The molecule has 2 heterocycles. The molecule has 0 amide bonds. The Labute approximate surface area is 110 Å². The lowest BCUT2D eigenvalue weighted by molar-refractivity contribution is 0.0609. The molecule has 102 valence electrons. The molecule has 1 atom stereocenters. The lowest BCUT2D eigenvalue weighted by Gasteiger charge is -2.24. The Morgan fingerprint density at radius 2 is 2.17 bits per heavy atom. The van der Waals surface area contributed by atoms with Crippen LogP contribution in [-0.4, -0.2) is 22.8 Å². The summed E-state index contributed by atoms with van der Waals surface area (Å²) in [6, 6.07) is 0.104. The van der Waals surface area contributed by atoms with Crippen LogP contribution < -0.4 is 5.73 Å². The Morgan fingerprint density at radius 1 is 1.44 bits per heavy atom. The summed E-state index contributed by atoms with van der Waals surface area (Å²) in [4.78, 5) is 4.27. The summed E-state index contributed by atoms with van der Waals surface area (Å²) in [6.07, 6.45) is 7.16. The summed E-state index contributed by atoms with van der Waals surface area (Å²) in [5.74, 6) is 1.32. The highest BCUT2D eigenvalue weighted by Gasteiger charge is 2.18. The summed E-state index contributed by atoms with van der Waals surface area (Å²) in [7, 11) is 0. The first-order chi connectivity index (χ1) is 8.66. The number of hydrogen-bond acceptors (Lipinski definition) is 3. The number of imidazole rings is 1. The zero-order chi connectivity index (χ0) is 13.0. The lowest BCUT2D eigenvalue weighted by atomic mass is 9.99. The van der Waals surface area contributed by atoms with Crippen LogP contribution in [0, 0.1) is 11.8 Å². The second kappa shape index (κ2) is 6.34. The average Bonchev–Trinajstić information content (AvgIpc) is 2.77. The minimum absolute atomic E-state index is 0.104. The van der Waals surface area contributed by atoms with Crippen LogP contribution in [0.1, 0.15) is 44.8 Å². The predicted octanol–water partition coefficient (Wildman–Crippen LogP) is 2.36. The molecule has 2 rings (SSSR count). The second-order valence-electron chi connectivity index (χ2n) is 5.76. The summed E-state index contributed by atoms with van der Waals surface area (Å²) >= 11 is 0. The number of nitrogens with two attached hydrogens (primary N) is 1. The van der Waals surface area contributed by atoms with E-state index in [0.29, 0.717) is 11.8 Å². The van der Waals surface area contributed by atoms with E-state index in [1.54, 1.807) is 0 Å². The predicted molar refractivity (Wildman–Crippen MR) is 72.2 cm³/mol. The molecule has 0 aliphatic carbocycles. The highest BCUT2D eigenvalue weighted by atomic mass is 16.5. The van der Waals surface area contributed by atoms with Gasteiger partial charge < -0.3 is 15.0 Å². The van der Waals surface area contributed by atoms with Crippen molar-refractivity contribution < 1.29 is 4.74 Å². The van der Waals surface area contributed by atoms with Crippen molar-refractivity contribution in [3.63, 3.8) is 0 Å². The molecule has 1 aromatic rings. The van der Waals surface area contributed by atoms with Crippen LogP contribution >= 0.6 is 0 Å². The fraction of sp³-hybridized carbons (Fsp3) is 0.786. The molecule has 1 aliphatic rings. The normalized spacial score (nSPS) is 19.3.